The van der Waals surface area contributed by atoms with Gasteiger partial charge in [-0.25, -0.2) is 13.1 Å². The second-order valence-electron chi connectivity index (χ2n) is 5.40. The molecule has 1 aromatic rings. The molecule has 1 amide bonds. The Morgan fingerprint density at radius 2 is 1.95 bits per heavy atom. The average Bonchev–Trinajstić information content (AvgIpc) is 3.05. The molecule has 2 atom stereocenters. The quantitative estimate of drug-likeness (QED) is 0.919. The van der Waals surface area contributed by atoms with Gasteiger partial charge in [-0.3, -0.25) is 4.79 Å². The van der Waals surface area contributed by atoms with Gasteiger partial charge in [-0.15, -0.1) is 0 Å². The van der Waals surface area contributed by atoms with Crippen molar-refractivity contribution in [2.75, 3.05) is 7.11 Å². The van der Waals surface area contributed by atoms with Gasteiger partial charge in [0.05, 0.1) is 7.11 Å². The number of nitrogens with one attached hydrogen (secondary N) is 1. The van der Waals surface area contributed by atoms with Crippen molar-refractivity contribution < 1.29 is 17.9 Å². The van der Waals surface area contributed by atoms with Crippen molar-refractivity contribution in [2.24, 2.45) is 11.8 Å². The van der Waals surface area contributed by atoms with Crippen LogP contribution in [0.1, 0.15) is 24.5 Å². The van der Waals surface area contributed by atoms with E-state index in [-0.39, 0.29) is 22.5 Å². The summed E-state index contributed by atoms with van der Waals surface area (Å²) in [6, 6.07) is 3.35. The molecule has 0 bridgehead atoms. The van der Waals surface area contributed by atoms with Crippen LogP contribution in [0.25, 0.3) is 0 Å². The fourth-order valence-corrected chi connectivity index (χ4v) is 3.68. The third-order valence-corrected chi connectivity index (χ3v) is 4.91. The molecule has 2 rings (SSSR count). The minimum atomic E-state index is -3.90. The van der Waals surface area contributed by atoms with Crippen LogP contribution in [-0.2, 0) is 14.8 Å². The van der Waals surface area contributed by atoms with Crippen LogP contribution in [0.2, 0.25) is 0 Å². The van der Waals surface area contributed by atoms with Crippen LogP contribution in [-0.4, -0.2) is 21.4 Å². The van der Waals surface area contributed by atoms with Crippen molar-refractivity contribution in [1.82, 2.24) is 4.72 Å². The number of rotatable bonds is 4. The maximum Gasteiger partial charge on any atom is 0.267 e. The monoisotopic (exact) mass is 297 g/mol. The van der Waals surface area contributed by atoms with Crippen molar-refractivity contribution >= 4 is 15.9 Å². The van der Waals surface area contributed by atoms with Crippen LogP contribution < -0.4 is 9.46 Å². The molecule has 0 radical (unpaired) electrons. The Morgan fingerprint density at radius 3 is 2.45 bits per heavy atom. The molecule has 20 heavy (non-hydrogen) atoms. The minimum absolute atomic E-state index is 0.0131. The molecule has 1 aliphatic carbocycles. The lowest BCUT2D eigenvalue weighted by Gasteiger charge is -2.13. The van der Waals surface area contributed by atoms with Crippen molar-refractivity contribution in [3.05, 3.63) is 23.3 Å². The Bertz CT molecular complexity index is 651. The van der Waals surface area contributed by atoms with Gasteiger partial charge < -0.3 is 4.74 Å². The van der Waals surface area contributed by atoms with E-state index in [1.54, 1.807) is 13.8 Å². The summed E-state index contributed by atoms with van der Waals surface area (Å²) in [4.78, 5) is 11.9. The summed E-state index contributed by atoms with van der Waals surface area (Å²) in [5, 5.41) is 0. The molecule has 0 aliphatic heterocycles. The van der Waals surface area contributed by atoms with Gasteiger partial charge in [-0.1, -0.05) is 13.0 Å². The van der Waals surface area contributed by atoms with E-state index in [0.29, 0.717) is 0 Å². The second-order valence-corrected chi connectivity index (χ2v) is 7.05. The maximum absolute atomic E-state index is 12.4. The Morgan fingerprint density at radius 1 is 1.35 bits per heavy atom. The normalized spacial score (nSPS) is 21.4. The highest BCUT2D eigenvalue weighted by Gasteiger charge is 2.41. The van der Waals surface area contributed by atoms with Crippen LogP contribution in [0.15, 0.2) is 17.0 Å². The first-order valence-electron chi connectivity index (χ1n) is 6.48. The Hall–Kier alpha value is -1.56. The van der Waals surface area contributed by atoms with Crippen LogP contribution >= 0.6 is 0 Å². The Balaban J connectivity index is 2.36. The van der Waals surface area contributed by atoms with Gasteiger partial charge in [0.1, 0.15) is 10.6 Å². The first-order chi connectivity index (χ1) is 9.26. The van der Waals surface area contributed by atoms with Crippen LogP contribution in [0.3, 0.4) is 0 Å². The largest absolute Gasteiger partial charge is 0.495 e. The predicted octanol–water partition coefficient (Wildman–Crippen LogP) is 1.77. The lowest BCUT2D eigenvalue weighted by molar-refractivity contribution is -0.120. The summed E-state index contributed by atoms with van der Waals surface area (Å²) in [6.45, 7) is 5.50. The zero-order valence-electron chi connectivity index (χ0n) is 12.1. The van der Waals surface area contributed by atoms with Crippen molar-refractivity contribution in [3.63, 3.8) is 0 Å². The highest BCUT2D eigenvalue weighted by atomic mass is 32.2. The average molecular weight is 297 g/mol. The molecule has 1 N–H and O–H groups in total. The first kappa shape index (κ1) is 14.8. The van der Waals surface area contributed by atoms with Crippen molar-refractivity contribution in [1.29, 1.82) is 0 Å². The lowest BCUT2D eigenvalue weighted by atomic mass is 10.1. The molecule has 0 saturated heterocycles. The van der Waals surface area contributed by atoms with Gasteiger partial charge in [0.15, 0.2) is 0 Å². The minimum Gasteiger partial charge on any atom is -0.495 e. The smallest absolute Gasteiger partial charge is 0.267 e. The van der Waals surface area contributed by atoms with Gasteiger partial charge in [0, 0.05) is 5.92 Å². The van der Waals surface area contributed by atoms with E-state index < -0.39 is 15.9 Å². The van der Waals surface area contributed by atoms with Crippen LogP contribution in [0.4, 0.5) is 0 Å². The van der Waals surface area contributed by atoms with E-state index in [0.717, 1.165) is 17.5 Å². The number of sulfonamides is 1. The number of hydrogen-bond acceptors (Lipinski definition) is 4. The molecule has 6 heteroatoms. The number of benzene rings is 1. The highest BCUT2D eigenvalue weighted by molar-refractivity contribution is 7.90. The summed E-state index contributed by atoms with van der Waals surface area (Å²) in [6.07, 6.45) is 0.741. The SMILES string of the molecule is COc1c(C)cc(C)cc1S(=O)(=O)NC(=O)[C@@H]1C[C@@H]1C. The van der Waals surface area contributed by atoms with Gasteiger partial charge >= 0.3 is 0 Å². The molecule has 110 valence electrons. The van der Waals surface area contributed by atoms with Crippen molar-refractivity contribution in [2.45, 2.75) is 32.1 Å². The number of methoxy groups -OCH3 is 1. The van der Waals surface area contributed by atoms with Gasteiger partial charge in [0.25, 0.3) is 10.0 Å². The Kier molecular flexibility index (Phi) is 3.77. The highest BCUT2D eigenvalue weighted by Crippen LogP contribution is 2.38. The van der Waals surface area contributed by atoms with Crippen LogP contribution in [0.5, 0.6) is 5.75 Å². The molecule has 5 nitrogen and oxygen atoms in total. The topological polar surface area (TPSA) is 72.5 Å². The molecule has 1 fully saturated rings. The van der Waals surface area contributed by atoms with Gasteiger partial charge in [0.2, 0.25) is 5.91 Å². The lowest BCUT2D eigenvalue weighted by Crippen LogP contribution is -2.32. The van der Waals surface area contributed by atoms with Gasteiger partial charge in [-0.05, 0) is 43.4 Å². The van der Waals surface area contributed by atoms with E-state index in [1.807, 2.05) is 13.0 Å². The van der Waals surface area contributed by atoms with E-state index >= 15 is 0 Å². The fraction of sp³-hybridized carbons (Fsp3) is 0.500. The molecule has 1 saturated carbocycles. The second kappa shape index (κ2) is 5.09. The third-order valence-electron chi connectivity index (χ3n) is 3.56. The van der Waals surface area contributed by atoms with E-state index in [4.69, 9.17) is 4.74 Å². The standard InChI is InChI=1S/C14H19NO4S/c1-8-5-10(3)13(19-4)12(6-8)20(17,18)15-14(16)11-7-9(11)2/h5-6,9,11H,7H2,1-4H3,(H,15,16)/t9-,11+/m0/s1. The molecule has 0 spiro atoms. The molecular formula is C14H19NO4S. The zero-order valence-corrected chi connectivity index (χ0v) is 12.9. The molecule has 0 heterocycles. The van der Waals surface area contributed by atoms with E-state index in [2.05, 4.69) is 4.72 Å². The molecule has 1 aromatic carbocycles. The fourth-order valence-electron chi connectivity index (χ4n) is 2.33. The first-order valence-corrected chi connectivity index (χ1v) is 7.96. The molecular weight excluding hydrogens is 278 g/mol. The van der Waals surface area contributed by atoms with Gasteiger partial charge in [-0.2, -0.15) is 0 Å². The number of carbonyl (C=O) groups is 1. The molecule has 0 unspecified atom stereocenters. The third kappa shape index (κ3) is 2.80. The number of ether oxygens (including phenoxy) is 1. The number of hydrogen-bond donors (Lipinski definition) is 1. The van der Waals surface area contributed by atoms with Crippen LogP contribution in [0, 0.1) is 25.7 Å². The summed E-state index contributed by atoms with van der Waals surface area (Å²) >= 11 is 0. The molecule has 0 aromatic heterocycles. The molecule has 1 aliphatic rings. The number of aryl methyl sites for hydroxylation is 2. The summed E-state index contributed by atoms with van der Waals surface area (Å²) in [5.74, 6) is -0.0912. The summed E-state index contributed by atoms with van der Waals surface area (Å²) < 4.78 is 32.0. The summed E-state index contributed by atoms with van der Waals surface area (Å²) in [5.41, 5.74) is 1.52. The maximum atomic E-state index is 12.4. The van der Waals surface area contributed by atoms with Crippen molar-refractivity contribution in [3.8, 4) is 5.75 Å². The van der Waals surface area contributed by atoms with E-state index in [1.165, 1.54) is 13.2 Å². The number of carbonyl (C=O) groups excluding carboxylic acids is 1. The zero-order chi connectivity index (χ0) is 15.1. The predicted molar refractivity (Wildman–Crippen MR) is 75.1 cm³/mol. The summed E-state index contributed by atoms with van der Waals surface area (Å²) in [7, 11) is -2.48. The Labute approximate surface area is 119 Å². The van der Waals surface area contributed by atoms with E-state index in [9.17, 15) is 13.2 Å². The number of amides is 1.